The molecule has 0 aliphatic carbocycles. The van der Waals surface area contributed by atoms with Crippen molar-refractivity contribution in [2.24, 2.45) is 11.1 Å². The first-order valence-corrected chi connectivity index (χ1v) is 6.27. The summed E-state index contributed by atoms with van der Waals surface area (Å²) in [6.45, 7) is 6.33. The van der Waals surface area contributed by atoms with Gasteiger partial charge in [0, 0.05) is 6.04 Å². The van der Waals surface area contributed by atoms with Gasteiger partial charge in [0.15, 0.2) is 0 Å². The number of methoxy groups -OCH3 is 2. The summed E-state index contributed by atoms with van der Waals surface area (Å²) in [6.07, 6.45) is 0. The minimum Gasteiger partial charge on any atom is -0.495 e. The highest BCUT2D eigenvalue weighted by Crippen LogP contribution is 2.40. The van der Waals surface area contributed by atoms with Gasteiger partial charge in [-0.25, -0.2) is 0 Å². The Morgan fingerprint density at radius 1 is 1.12 bits per heavy atom. The molecule has 0 aliphatic heterocycles. The summed E-state index contributed by atoms with van der Waals surface area (Å²) in [6, 6.07) is 3.82. The second-order valence-electron chi connectivity index (χ2n) is 5.08. The number of nitrogens with two attached hydrogens (primary N) is 1. The molecule has 0 aliphatic rings. The Morgan fingerprint density at radius 3 is 1.82 bits per heavy atom. The third kappa shape index (κ3) is 3.13. The summed E-state index contributed by atoms with van der Waals surface area (Å²) >= 11 is 3.44. The van der Waals surface area contributed by atoms with Crippen molar-refractivity contribution < 1.29 is 9.47 Å². The molecule has 1 aromatic rings. The van der Waals surface area contributed by atoms with E-state index in [9.17, 15) is 0 Å². The summed E-state index contributed by atoms with van der Waals surface area (Å²) in [5.74, 6) is 1.47. The molecule has 0 spiro atoms. The van der Waals surface area contributed by atoms with Gasteiger partial charge in [0.25, 0.3) is 0 Å². The molecule has 0 unspecified atom stereocenters. The van der Waals surface area contributed by atoms with Gasteiger partial charge >= 0.3 is 0 Å². The van der Waals surface area contributed by atoms with Crippen molar-refractivity contribution in [3.63, 3.8) is 0 Å². The first-order chi connectivity index (χ1) is 7.81. The van der Waals surface area contributed by atoms with Crippen LogP contribution < -0.4 is 15.2 Å². The summed E-state index contributed by atoms with van der Waals surface area (Å²) in [4.78, 5) is 0. The molecule has 0 amide bonds. The summed E-state index contributed by atoms with van der Waals surface area (Å²) in [7, 11) is 3.26. The Morgan fingerprint density at radius 2 is 1.53 bits per heavy atom. The molecule has 0 saturated carbocycles. The van der Waals surface area contributed by atoms with E-state index in [0.717, 1.165) is 21.5 Å². The topological polar surface area (TPSA) is 44.5 Å². The van der Waals surface area contributed by atoms with E-state index in [4.69, 9.17) is 15.2 Å². The van der Waals surface area contributed by atoms with Gasteiger partial charge < -0.3 is 15.2 Å². The second kappa shape index (κ2) is 5.27. The van der Waals surface area contributed by atoms with E-state index in [0.29, 0.717) is 0 Å². The number of halogens is 1. The highest BCUT2D eigenvalue weighted by Gasteiger charge is 2.24. The lowest BCUT2D eigenvalue weighted by Crippen LogP contribution is -2.26. The van der Waals surface area contributed by atoms with E-state index in [2.05, 4.69) is 36.7 Å². The number of hydrogen-bond acceptors (Lipinski definition) is 3. The Kier molecular flexibility index (Phi) is 4.44. The van der Waals surface area contributed by atoms with Crippen molar-refractivity contribution in [2.45, 2.75) is 26.8 Å². The van der Waals surface area contributed by atoms with E-state index in [1.54, 1.807) is 14.2 Å². The smallest absolute Gasteiger partial charge is 0.137 e. The van der Waals surface area contributed by atoms with Crippen LogP contribution in [0.15, 0.2) is 16.6 Å². The Bertz CT molecular complexity index is 374. The van der Waals surface area contributed by atoms with E-state index in [1.165, 1.54) is 0 Å². The fourth-order valence-electron chi connectivity index (χ4n) is 1.57. The van der Waals surface area contributed by atoms with Crippen molar-refractivity contribution in [1.29, 1.82) is 0 Å². The van der Waals surface area contributed by atoms with Crippen molar-refractivity contribution in [3.05, 3.63) is 22.2 Å². The van der Waals surface area contributed by atoms with Crippen LogP contribution >= 0.6 is 15.9 Å². The fraction of sp³-hybridized carbons (Fsp3) is 0.538. The van der Waals surface area contributed by atoms with Gasteiger partial charge in [-0.05, 0) is 39.0 Å². The van der Waals surface area contributed by atoms with Crippen LogP contribution in [0.2, 0.25) is 0 Å². The predicted octanol–water partition coefficient (Wildman–Crippen LogP) is 3.51. The fourth-order valence-corrected chi connectivity index (χ4v) is 2.12. The number of rotatable bonds is 3. The average Bonchev–Trinajstić information content (AvgIpc) is 2.27. The molecule has 1 aromatic carbocycles. The van der Waals surface area contributed by atoms with Gasteiger partial charge in [0.05, 0.1) is 14.2 Å². The highest BCUT2D eigenvalue weighted by molar-refractivity contribution is 9.10. The first-order valence-electron chi connectivity index (χ1n) is 5.48. The molecule has 1 atom stereocenters. The molecule has 0 bridgehead atoms. The van der Waals surface area contributed by atoms with Gasteiger partial charge in [0.1, 0.15) is 16.0 Å². The maximum atomic E-state index is 6.24. The van der Waals surface area contributed by atoms with Crippen LogP contribution in [0.5, 0.6) is 11.5 Å². The lowest BCUT2D eigenvalue weighted by molar-refractivity contribution is 0.323. The van der Waals surface area contributed by atoms with Crippen molar-refractivity contribution in [3.8, 4) is 11.5 Å². The molecule has 1 rings (SSSR count). The lowest BCUT2D eigenvalue weighted by Gasteiger charge is -2.28. The van der Waals surface area contributed by atoms with Gasteiger partial charge in [-0.2, -0.15) is 0 Å². The van der Waals surface area contributed by atoms with Crippen LogP contribution in [-0.4, -0.2) is 14.2 Å². The van der Waals surface area contributed by atoms with Crippen LogP contribution in [0, 0.1) is 5.41 Å². The second-order valence-corrected chi connectivity index (χ2v) is 5.88. The summed E-state index contributed by atoms with van der Waals surface area (Å²) < 4.78 is 11.4. The molecule has 0 saturated heterocycles. The molecular formula is C13H20BrNO2. The Balaban J connectivity index is 3.27. The molecule has 96 valence electrons. The van der Waals surface area contributed by atoms with E-state index in [-0.39, 0.29) is 11.5 Å². The van der Waals surface area contributed by atoms with E-state index < -0.39 is 0 Å². The van der Waals surface area contributed by atoms with Crippen molar-refractivity contribution >= 4 is 15.9 Å². The van der Waals surface area contributed by atoms with Crippen LogP contribution in [-0.2, 0) is 0 Å². The normalized spacial score (nSPS) is 13.4. The minimum atomic E-state index is -0.0709. The van der Waals surface area contributed by atoms with E-state index in [1.807, 2.05) is 12.1 Å². The lowest BCUT2D eigenvalue weighted by atomic mass is 9.83. The third-order valence-corrected chi connectivity index (χ3v) is 3.54. The van der Waals surface area contributed by atoms with Crippen LogP contribution in [0.1, 0.15) is 32.4 Å². The molecule has 17 heavy (non-hydrogen) atoms. The molecule has 0 heterocycles. The zero-order valence-corrected chi connectivity index (χ0v) is 12.6. The molecular weight excluding hydrogens is 282 g/mol. The highest BCUT2D eigenvalue weighted by atomic mass is 79.9. The molecule has 2 N–H and O–H groups in total. The minimum absolute atomic E-state index is 0.0101. The molecule has 0 radical (unpaired) electrons. The van der Waals surface area contributed by atoms with Gasteiger partial charge in [0.2, 0.25) is 0 Å². The van der Waals surface area contributed by atoms with Gasteiger partial charge in [-0.1, -0.05) is 20.8 Å². The number of ether oxygens (including phenoxy) is 2. The molecule has 3 nitrogen and oxygen atoms in total. The van der Waals surface area contributed by atoms with Crippen LogP contribution in [0.25, 0.3) is 0 Å². The third-order valence-electron chi connectivity index (χ3n) is 2.76. The zero-order chi connectivity index (χ0) is 13.2. The summed E-state index contributed by atoms with van der Waals surface area (Å²) in [5.41, 5.74) is 7.24. The molecule has 4 heteroatoms. The summed E-state index contributed by atoms with van der Waals surface area (Å²) in [5, 5.41) is 0. The number of hydrogen-bond donors (Lipinski definition) is 1. The predicted molar refractivity (Wildman–Crippen MR) is 73.6 cm³/mol. The zero-order valence-electron chi connectivity index (χ0n) is 11.0. The van der Waals surface area contributed by atoms with Crippen molar-refractivity contribution in [2.75, 3.05) is 14.2 Å². The quantitative estimate of drug-likeness (QED) is 0.929. The standard InChI is InChI=1S/C13H20BrNO2/c1-13(2,3)12(15)8-6-9(16-4)11(14)10(7-8)17-5/h6-7,12H,15H2,1-5H3/t12-/m0/s1. The van der Waals surface area contributed by atoms with E-state index >= 15 is 0 Å². The SMILES string of the molecule is COc1cc([C@H](N)C(C)(C)C)cc(OC)c1Br. The Hall–Kier alpha value is -0.740. The van der Waals surface area contributed by atoms with Crippen LogP contribution in [0.3, 0.4) is 0 Å². The largest absolute Gasteiger partial charge is 0.495 e. The maximum Gasteiger partial charge on any atom is 0.137 e. The van der Waals surface area contributed by atoms with Crippen LogP contribution in [0.4, 0.5) is 0 Å². The Labute approximate surface area is 111 Å². The maximum absolute atomic E-state index is 6.24. The average molecular weight is 302 g/mol. The first kappa shape index (κ1) is 14.3. The number of benzene rings is 1. The molecule has 0 fully saturated rings. The van der Waals surface area contributed by atoms with Crippen molar-refractivity contribution in [1.82, 2.24) is 0 Å². The van der Waals surface area contributed by atoms with Gasteiger partial charge in [-0.15, -0.1) is 0 Å². The monoisotopic (exact) mass is 301 g/mol. The van der Waals surface area contributed by atoms with Gasteiger partial charge in [-0.3, -0.25) is 0 Å². The molecule has 0 aromatic heterocycles.